The maximum Gasteiger partial charge on any atom is 0.160 e. The molecule has 1 aromatic rings. The van der Waals surface area contributed by atoms with Crippen LogP contribution >= 0.6 is 11.6 Å². The standard InChI is InChI=1S/C23H31ClO2/c24-22-13-5-18(6-14-22)2-1-17-3-7-19(8-4-17)20-9-11-21(12-10-20)23-25-15-16-26-23/h1-2,5-6,13-14,17,19-21,23H,3-4,7-12,15-16H2/t17-,19-,20-,21-. The molecule has 2 aliphatic carbocycles. The lowest BCUT2D eigenvalue weighted by Gasteiger charge is -2.38. The minimum atomic E-state index is 0.102. The van der Waals surface area contributed by atoms with E-state index in [0.29, 0.717) is 5.92 Å². The van der Waals surface area contributed by atoms with Gasteiger partial charge in [0.15, 0.2) is 6.29 Å². The molecule has 4 rings (SSSR count). The second kappa shape index (κ2) is 8.91. The third-order valence-electron chi connectivity index (χ3n) is 6.76. The molecule has 1 saturated heterocycles. The Labute approximate surface area is 162 Å². The van der Waals surface area contributed by atoms with E-state index in [0.717, 1.165) is 36.0 Å². The van der Waals surface area contributed by atoms with Gasteiger partial charge in [0.1, 0.15) is 0 Å². The van der Waals surface area contributed by atoms with Crippen molar-refractivity contribution < 1.29 is 9.47 Å². The fourth-order valence-electron chi connectivity index (χ4n) is 5.17. The number of ether oxygens (including phenoxy) is 2. The topological polar surface area (TPSA) is 18.5 Å². The summed E-state index contributed by atoms with van der Waals surface area (Å²) in [6.07, 6.45) is 15.7. The molecular weight excluding hydrogens is 344 g/mol. The van der Waals surface area contributed by atoms with Crippen LogP contribution in [0, 0.1) is 23.7 Å². The van der Waals surface area contributed by atoms with Gasteiger partial charge in [-0.25, -0.2) is 0 Å². The van der Waals surface area contributed by atoms with Crippen molar-refractivity contribution in [3.8, 4) is 0 Å². The van der Waals surface area contributed by atoms with Crippen LogP contribution < -0.4 is 0 Å². The van der Waals surface area contributed by atoms with Crippen LogP contribution in [-0.2, 0) is 9.47 Å². The molecule has 3 heteroatoms. The van der Waals surface area contributed by atoms with E-state index in [1.165, 1.54) is 56.9 Å². The molecule has 0 radical (unpaired) electrons. The van der Waals surface area contributed by atoms with E-state index in [4.69, 9.17) is 21.1 Å². The van der Waals surface area contributed by atoms with Gasteiger partial charge in [-0.05, 0) is 86.8 Å². The summed E-state index contributed by atoms with van der Waals surface area (Å²) in [6.45, 7) is 1.58. The van der Waals surface area contributed by atoms with Crippen LogP contribution in [0.5, 0.6) is 0 Å². The van der Waals surface area contributed by atoms with Gasteiger partial charge in [-0.1, -0.05) is 35.9 Å². The van der Waals surface area contributed by atoms with E-state index >= 15 is 0 Å². The van der Waals surface area contributed by atoms with Gasteiger partial charge < -0.3 is 9.47 Å². The van der Waals surface area contributed by atoms with E-state index in [1.807, 2.05) is 12.1 Å². The van der Waals surface area contributed by atoms with E-state index in [1.54, 1.807) is 0 Å². The highest BCUT2D eigenvalue weighted by atomic mass is 35.5. The summed E-state index contributed by atoms with van der Waals surface area (Å²) < 4.78 is 11.4. The zero-order valence-electron chi connectivity index (χ0n) is 15.6. The molecule has 26 heavy (non-hydrogen) atoms. The Morgan fingerprint density at radius 3 is 1.88 bits per heavy atom. The summed E-state index contributed by atoms with van der Waals surface area (Å²) >= 11 is 5.96. The molecule has 0 atom stereocenters. The van der Waals surface area contributed by atoms with E-state index in [9.17, 15) is 0 Å². The average molecular weight is 375 g/mol. The second-order valence-electron chi connectivity index (χ2n) is 8.37. The lowest BCUT2D eigenvalue weighted by Crippen LogP contribution is -2.30. The Balaban J connectivity index is 1.21. The second-order valence-corrected chi connectivity index (χ2v) is 8.81. The molecule has 0 amide bonds. The SMILES string of the molecule is Clc1ccc(C=C[C@H]2CC[C@H]([C@H]3CC[C@H](C4OCCO4)CC3)CC2)cc1. The Bertz CT molecular complexity index is 575. The van der Waals surface area contributed by atoms with E-state index < -0.39 is 0 Å². The third-order valence-corrected chi connectivity index (χ3v) is 7.01. The summed E-state index contributed by atoms with van der Waals surface area (Å²) in [5.74, 6) is 3.28. The zero-order chi connectivity index (χ0) is 17.8. The molecule has 0 aromatic heterocycles. The maximum absolute atomic E-state index is 5.96. The van der Waals surface area contributed by atoms with Crippen LogP contribution in [-0.4, -0.2) is 19.5 Å². The lowest BCUT2D eigenvalue weighted by atomic mass is 9.69. The molecule has 0 bridgehead atoms. The minimum absolute atomic E-state index is 0.102. The van der Waals surface area contributed by atoms with Crippen molar-refractivity contribution in [2.45, 2.75) is 57.7 Å². The normalized spacial score (nSPS) is 33.7. The first-order valence-electron chi connectivity index (χ1n) is 10.4. The average Bonchev–Trinajstić information content (AvgIpc) is 3.23. The molecule has 0 N–H and O–H groups in total. The first-order chi connectivity index (χ1) is 12.8. The van der Waals surface area contributed by atoms with E-state index in [-0.39, 0.29) is 6.29 Å². The van der Waals surface area contributed by atoms with Crippen molar-refractivity contribution in [3.05, 3.63) is 40.9 Å². The van der Waals surface area contributed by atoms with E-state index in [2.05, 4.69) is 24.3 Å². The summed E-state index contributed by atoms with van der Waals surface area (Å²) in [5.41, 5.74) is 1.26. The highest BCUT2D eigenvalue weighted by molar-refractivity contribution is 6.30. The highest BCUT2D eigenvalue weighted by Crippen LogP contribution is 2.43. The van der Waals surface area contributed by atoms with Gasteiger partial charge in [-0.15, -0.1) is 0 Å². The van der Waals surface area contributed by atoms with Crippen molar-refractivity contribution in [2.75, 3.05) is 13.2 Å². The van der Waals surface area contributed by atoms with Crippen LogP contribution in [0.1, 0.15) is 56.9 Å². The monoisotopic (exact) mass is 374 g/mol. The van der Waals surface area contributed by atoms with Gasteiger partial charge in [-0.2, -0.15) is 0 Å². The molecule has 1 aromatic carbocycles. The first kappa shape index (κ1) is 18.5. The molecule has 1 heterocycles. The highest BCUT2D eigenvalue weighted by Gasteiger charge is 2.34. The Morgan fingerprint density at radius 2 is 1.27 bits per heavy atom. The smallest absolute Gasteiger partial charge is 0.160 e. The fraction of sp³-hybridized carbons (Fsp3) is 0.652. The molecule has 142 valence electrons. The summed E-state index contributed by atoms with van der Waals surface area (Å²) in [4.78, 5) is 0. The van der Waals surface area contributed by atoms with Gasteiger partial charge >= 0.3 is 0 Å². The van der Waals surface area contributed by atoms with Crippen LogP contribution in [0.25, 0.3) is 6.08 Å². The van der Waals surface area contributed by atoms with Gasteiger partial charge in [0.2, 0.25) is 0 Å². The van der Waals surface area contributed by atoms with Crippen LogP contribution in [0.15, 0.2) is 30.3 Å². The van der Waals surface area contributed by atoms with Gasteiger partial charge in [0.05, 0.1) is 13.2 Å². The molecule has 2 saturated carbocycles. The van der Waals surface area contributed by atoms with Gasteiger partial charge in [-0.3, -0.25) is 0 Å². The molecule has 0 unspecified atom stereocenters. The van der Waals surface area contributed by atoms with Crippen molar-refractivity contribution in [1.82, 2.24) is 0 Å². The maximum atomic E-state index is 5.96. The number of hydrogen-bond donors (Lipinski definition) is 0. The van der Waals surface area contributed by atoms with Crippen LogP contribution in [0.3, 0.4) is 0 Å². The third kappa shape index (κ3) is 4.71. The van der Waals surface area contributed by atoms with Crippen molar-refractivity contribution in [3.63, 3.8) is 0 Å². The number of rotatable bonds is 4. The quantitative estimate of drug-likeness (QED) is 0.612. The molecule has 3 fully saturated rings. The zero-order valence-corrected chi connectivity index (χ0v) is 16.4. The Kier molecular flexibility index (Phi) is 6.35. The summed E-state index contributed by atoms with van der Waals surface area (Å²) in [5, 5.41) is 0.809. The van der Waals surface area contributed by atoms with Crippen LogP contribution in [0.2, 0.25) is 5.02 Å². The summed E-state index contributed by atoms with van der Waals surface area (Å²) in [7, 11) is 0. The number of allylic oxidation sites excluding steroid dienone is 1. The molecule has 3 aliphatic rings. The van der Waals surface area contributed by atoms with Crippen molar-refractivity contribution in [2.24, 2.45) is 23.7 Å². The molecule has 2 nitrogen and oxygen atoms in total. The predicted octanol–water partition coefficient (Wildman–Crippen LogP) is 6.34. The largest absolute Gasteiger partial charge is 0.350 e. The van der Waals surface area contributed by atoms with Crippen LogP contribution in [0.4, 0.5) is 0 Å². The number of hydrogen-bond acceptors (Lipinski definition) is 2. The van der Waals surface area contributed by atoms with Crippen molar-refractivity contribution >= 4 is 17.7 Å². The molecular formula is C23H31ClO2. The lowest BCUT2D eigenvalue weighted by molar-refractivity contribution is -0.0972. The summed E-state index contributed by atoms with van der Waals surface area (Å²) in [6, 6.07) is 8.13. The molecule has 0 spiro atoms. The Hall–Kier alpha value is -0.830. The number of halogens is 1. The molecule has 1 aliphatic heterocycles. The number of benzene rings is 1. The van der Waals surface area contributed by atoms with Gasteiger partial charge in [0, 0.05) is 10.9 Å². The predicted molar refractivity (Wildman–Crippen MR) is 107 cm³/mol. The minimum Gasteiger partial charge on any atom is -0.350 e. The fourth-order valence-corrected chi connectivity index (χ4v) is 5.29. The Morgan fingerprint density at radius 1 is 0.731 bits per heavy atom. The van der Waals surface area contributed by atoms with Gasteiger partial charge in [0.25, 0.3) is 0 Å². The van der Waals surface area contributed by atoms with Crippen molar-refractivity contribution in [1.29, 1.82) is 0 Å². The first-order valence-corrected chi connectivity index (χ1v) is 10.8.